The van der Waals surface area contributed by atoms with Gasteiger partial charge in [0, 0.05) is 6.61 Å². The molecule has 5 nitrogen and oxygen atoms in total. The number of anilines is 2. The maximum Gasteiger partial charge on any atom is 0.165 e. The van der Waals surface area contributed by atoms with E-state index in [-0.39, 0.29) is 11.2 Å². The van der Waals surface area contributed by atoms with Gasteiger partial charge in [-0.15, -0.1) is 0 Å². The number of ether oxygens (including phenoxy) is 1. The van der Waals surface area contributed by atoms with Crippen molar-refractivity contribution in [1.82, 2.24) is 4.98 Å². The summed E-state index contributed by atoms with van der Waals surface area (Å²) in [6.45, 7) is 3.48. The van der Waals surface area contributed by atoms with Crippen molar-refractivity contribution in [1.29, 1.82) is 5.26 Å². The number of nitrogens with two attached hydrogens (primary N) is 1. The first kappa shape index (κ1) is 10.7. The first-order valence-electron chi connectivity index (χ1n) is 5.15. The smallest absolute Gasteiger partial charge is 0.165 e. The van der Waals surface area contributed by atoms with Crippen LogP contribution in [0.2, 0.25) is 0 Å². The van der Waals surface area contributed by atoms with Gasteiger partial charge < -0.3 is 15.8 Å². The lowest BCUT2D eigenvalue weighted by Gasteiger charge is -2.24. The molecule has 0 radical (unpaired) electrons. The molecule has 1 unspecified atom stereocenters. The van der Waals surface area contributed by atoms with Gasteiger partial charge in [-0.05, 0) is 25.5 Å². The molecule has 0 bridgehead atoms. The second-order valence-electron chi connectivity index (χ2n) is 4.23. The Bertz CT molecular complexity index is 432. The number of nitrogen functional groups attached to an aromatic ring is 1. The number of aromatic nitrogens is 1. The average Bonchev–Trinajstić information content (AvgIpc) is 2.68. The number of nitrogens with one attached hydrogen (secondary N) is 1. The molecule has 1 aliphatic rings. The highest BCUT2D eigenvalue weighted by atomic mass is 16.5. The van der Waals surface area contributed by atoms with Crippen LogP contribution >= 0.6 is 0 Å². The van der Waals surface area contributed by atoms with Crippen LogP contribution < -0.4 is 11.1 Å². The van der Waals surface area contributed by atoms with Crippen LogP contribution in [-0.4, -0.2) is 23.7 Å². The van der Waals surface area contributed by atoms with E-state index < -0.39 is 0 Å². The van der Waals surface area contributed by atoms with E-state index in [1.165, 1.54) is 0 Å². The van der Waals surface area contributed by atoms with Gasteiger partial charge in [0.15, 0.2) is 5.69 Å². The van der Waals surface area contributed by atoms with Gasteiger partial charge in [-0.3, -0.25) is 0 Å². The molecule has 16 heavy (non-hydrogen) atoms. The molecule has 1 aliphatic heterocycles. The van der Waals surface area contributed by atoms with Gasteiger partial charge in [-0.25, -0.2) is 4.98 Å². The zero-order valence-electron chi connectivity index (χ0n) is 9.16. The second-order valence-corrected chi connectivity index (χ2v) is 4.23. The van der Waals surface area contributed by atoms with E-state index in [9.17, 15) is 0 Å². The zero-order chi connectivity index (χ0) is 11.6. The fourth-order valence-electron chi connectivity index (χ4n) is 1.70. The summed E-state index contributed by atoms with van der Waals surface area (Å²) in [6.07, 6.45) is 0.931. The molecule has 2 rings (SSSR count). The van der Waals surface area contributed by atoms with Gasteiger partial charge in [0.25, 0.3) is 0 Å². The Labute approximate surface area is 94.2 Å². The van der Waals surface area contributed by atoms with Gasteiger partial charge in [-0.1, -0.05) is 0 Å². The minimum absolute atomic E-state index is 0.101. The Morgan fingerprint density at radius 1 is 1.62 bits per heavy atom. The molecule has 1 aromatic rings. The van der Waals surface area contributed by atoms with Crippen molar-refractivity contribution < 1.29 is 4.74 Å². The molecule has 84 valence electrons. The monoisotopic (exact) mass is 218 g/mol. The molecule has 0 aliphatic carbocycles. The van der Waals surface area contributed by atoms with Crippen molar-refractivity contribution >= 4 is 11.5 Å². The summed E-state index contributed by atoms with van der Waals surface area (Å²) in [6, 6.07) is 5.43. The third-order valence-electron chi connectivity index (χ3n) is 2.68. The lowest BCUT2D eigenvalue weighted by molar-refractivity contribution is 0.185. The lowest BCUT2D eigenvalue weighted by atomic mass is 10.0. The summed E-state index contributed by atoms with van der Waals surface area (Å²) in [5.41, 5.74) is 6.16. The summed E-state index contributed by atoms with van der Waals surface area (Å²) < 4.78 is 5.33. The van der Waals surface area contributed by atoms with E-state index in [2.05, 4.69) is 17.2 Å². The predicted octanol–water partition coefficient (Wildman–Crippen LogP) is 1.13. The summed E-state index contributed by atoms with van der Waals surface area (Å²) in [7, 11) is 0. The number of pyridine rings is 1. The molecule has 1 fully saturated rings. The van der Waals surface area contributed by atoms with Crippen molar-refractivity contribution in [3.05, 3.63) is 17.8 Å². The Morgan fingerprint density at radius 3 is 3.06 bits per heavy atom. The summed E-state index contributed by atoms with van der Waals surface area (Å²) >= 11 is 0. The van der Waals surface area contributed by atoms with E-state index in [4.69, 9.17) is 15.7 Å². The molecule has 0 spiro atoms. The van der Waals surface area contributed by atoms with E-state index >= 15 is 0 Å². The zero-order valence-corrected chi connectivity index (χ0v) is 9.16. The van der Waals surface area contributed by atoms with Crippen LogP contribution in [0.3, 0.4) is 0 Å². The number of hydrogen-bond acceptors (Lipinski definition) is 5. The maximum absolute atomic E-state index is 8.82. The second kappa shape index (κ2) is 3.99. The van der Waals surface area contributed by atoms with Crippen molar-refractivity contribution in [3.8, 4) is 6.07 Å². The molecular formula is C11H14N4O. The van der Waals surface area contributed by atoms with E-state index in [1.807, 2.05) is 6.07 Å². The summed E-state index contributed by atoms with van der Waals surface area (Å²) in [5.74, 6) is 0.666. The molecule has 0 amide bonds. The Kier molecular flexibility index (Phi) is 2.67. The van der Waals surface area contributed by atoms with Crippen LogP contribution in [0, 0.1) is 11.3 Å². The van der Waals surface area contributed by atoms with E-state index in [1.54, 1.807) is 12.1 Å². The first-order valence-corrected chi connectivity index (χ1v) is 5.15. The highest BCUT2D eigenvalue weighted by molar-refractivity contribution is 5.55. The molecule has 0 saturated carbocycles. The van der Waals surface area contributed by atoms with Crippen LogP contribution in [0.15, 0.2) is 12.1 Å². The molecule has 2 heterocycles. The van der Waals surface area contributed by atoms with E-state index in [0.29, 0.717) is 18.1 Å². The fourth-order valence-corrected chi connectivity index (χ4v) is 1.70. The van der Waals surface area contributed by atoms with Crippen molar-refractivity contribution in [2.75, 3.05) is 24.3 Å². The minimum Gasteiger partial charge on any atom is -0.396 e. The van der Waals surface area contributed by atoms with E-state index in [0.717, 1.165) is 13.0 Å². The number of rotatable bonds is 2. The average molecular weight is 218 g/mol. The number of nitriles is 1. The number of hydrogen-bond donors (Lipinski definition) is 2. The van der Waals surface area contributed by atoms with Crippen molar-refractivity contribution in [2.45, 2.75) is 18.9 Å². The van der Waals surface area contributed by atoms with Crippen LogP contribution in [0.25, 0.3) is 0 Å². The van der Waals surface area contributed by atoms with Gasteiger partial charge in [0.05, 0.1) is 17.8 Å². The molecule has 3 N–H and O–H groups in total. The number of nitrogens with zero attached hydrogens (tertiary/aromatic N) is 2. The quantitative estimate of drug-likeness (QED) is 0.777. The predicted molar refractivity (Wildman–Crippen MR) is 60.8 cm³/mol. The Morgan fingerprint density at radius 2 is 2.44 bits per heavy atom. The third kappa shape index (κ3) is 2.07. The summed E-state index contributed by atoms with van der Waals surface area (Å²) in [4.78, 5) is 4.15. The van der Waals surface area contributed by atoms with Crippen molar-refractivity contribution in [2.24, 2.45) is 0 Å². The van der Waals surface area contributed by atoms with Crippen LogP contribution in [0.1, 0.15) is 19.0 Å². The molecule has 1 atom stereocenters. The summed E-state index contributed by atoms with van der Waals surface area (Å²) in [5, 5.41) is 12.1. The third-order valence-corrected chi connectivity index (χ3v) is 2.68. The normalized spacial score (nSPS) is 24.0. The minimum atomic E-state index is -0.101. The van der Waals surface area contributed by atoms with Crippen LogP contribution in [0.4, 0.5) is 11.5 Å². The fraction of sp³-hybridized carbons (Fsp3) is 0.455. The Balaban J connectivity index is 2.19. The maximum atomic E-state index is 8.82. The topological polar surface area (TPSA) is 84.0 Å². The molecular weight excluding hydrogens is 204 g/mol. The van der Waals surface area contributed by atoms with Gasteiger partial charge in [0.2, 0.25) is 0 Å². The molecule has 1 saturated heterocycles. The standard InChI is InChI=1S/C11H14N4O/c1-11(4-5-16-7-11)15-10-3-2-8(13)9(6-12)14-10/h2-3H,4-5,7,13H2,1H3,(H,14,15). The lowest BCUT2D eigenvalue weighted by Crippen LogP contribution is -2.35. The van der Waals surface area contributed by atoms with Crippen LogP contribution in [-0.2, 0) is 4.74 Å². The largest absolute Gasteiger partial charge is 0.396 e. The molecule has 1 aromatic heterocycles. The SMILES string of the molecule is CC1(Nc2ccc(N)c(C#N)n2)CCOC1. The van der Waals surface area contributed by atoms with Gasteiger partial charge in [0.1, 0.15) is 11.9 Å². The highest BCUT2D eigenvalue weighted by Gasteiger charge is 2.29. The molecule has 0 aromatic carbocycles. The highest BCUT2D eigenvalue weighted by Crippen LogP contribution is 2.23. The van der Waals surface area contributed by atoms with Gasteiger partial charge in [-0.2, -0.15) is 5.26 Å². The van der Waals surface area contributed by atoms with Crippen LogP contribution in [0.5, 0.6) is 0 Å². The van der Waals surface area contributed by atoms with Crippen molar-refractivity contribution in [3.63, 3.8) is 0 Å². The molecule has 5 heteroatoms. The first-order chi connectivity index (χ1) is 7.63. The van der Waals surface area contributed by atoms with Gasteiger partial charge >= 0.3 is 0 Å². The Hall–Kier alpha value is -1.80.